The lowest BCUT2D eigenvalue weighted by Crippen LogP contribution is -2.57. The molecule has 49 heavy (non-hydrogen) atoms. The third-order valence-corrected chi connectivity index (χ3v) is 9.93. The van der Waals surface area contributed by atoms with Crippen molar-refractivity contribution >= 4 is 29.6 Å². The van der Waals surface area contributed by atoms with E-state index >= 15 is 0 Å². The van der Waals surface area contributed by atoms with Gasteiger partial charge in [-0.3, -0.25) is 9.59 Å². The molecule has 4 heterocycles. The second-order valence-electron chi connectivity index (χ2n) is 13.5. The second kappa shape index (κ2) is 13.8. The van der Waals surface area contributed by atoms with E-state index in [1.54, 1.807) is 6.20 Å². The number of fused-ring (bicyclic) bond motifs is 1. The average Bonchev–Trinajstić information content (AvgIpc) is 3.46. The Balaban J connectivity index is 1.31. The number of carboxylic acids is 1. The molecule has 2 aliphatic heterocycles. The Bertz CT molecular complexity index is 1670. The SMILES string of the molecule is CC1CCC(Cc2cn3nc(C[C@]4(C(=O)O)C[C@@H](C(F)(F)F)CNC4=O)c(N4CCOCC4)nc3n2)(NC(=O)OCc2ccccc2)CC1. The zero-order chi connectivity index (χ0) is 34.8. The van der Waals surface area contributed by atoms with E-state index in [0.29, 0.717) is 57.2 Å². The topological polar surface area (TPSA) is 160 Å². The fourth-order valence-electron chi connectivity index (χ4n) is 7.00. The molecule has 2 saturated heterocycles. The van der Waals surface area contributed by atoms with Gasteiger partial charge in [0.25, 0.3) is 5.78 Å². The smallest absolute Gasteiger partial charge is 0.407 e. The predicted molar refractivity (Wildman–Crippen MR) is 169 cm³/mol. The number of carbonyl (C=O) groups excluding carboxylic acids is 2. The first-order chi connectivity index (χ1) is 23.4. The van der Waals surface area contributed by atoms with Gasteiger partial charge in [-0.2, -0.15) is 23.3 Å². The first-order valence-electron chi connectivity index (χ1n) is 16.5. The Kier molecular flexibility index (Phi) is 9.69. The van der Waals surface area contributed by atoms with Crippen LogP contribution in [0.2, 0.25) is 0 Å². The van der Waals surface area contributed by atoms with E-state index in [2.05, 4.69) is 22.7 Å². The number of carbonyl (C=O) groups is 3. The summed E-state index contributed by atoms with van der Waals surface area (Å²) in [5, 5.41) is 20.2. The fourth-order valence-corrected chi connectivity index (χ4v) is 7.00. The van der Waals surface area contributed by atoms with Crippen molar-refractivity contribution in [3.63, 3.8) is 0 Å². The van der Waals surface area contributed by atoms with E-state index in [0.717, 1.165) is 18.4 Å². The van der Waals surface area contributed by atoms with Crippen LogP contribution >= 0.6 is 0 Å². The molecule has 3 aromatic rings. The summed E-state index contributed by atoms with van der Waals surface area (Å²) in [6.45, 7) is 3.03. The van der Waals surface area contributed by atoms with E-state index in [-0.39, 0.29) is 23.9 Å². The van der Waals surface area contributed by atoms with Crippen LogP contribution in [0.15, 0.2) is 36.5 Å². The van der Waals surface area contributed by atoms with Crippen LogP contribution in [0.25, 0.3) is 5.78 Å². The summed E-state index contributed by atoms with van der Waals surface area (Å²) in [4.78, 5) is 50.0. The van der Waals surface area contributed by atoms with Crippen LogP contribution < -0.4 is 15.5 Å². The highest BCUT2D eigenvalue weighted by Crippen LogP contribution is 2.42. The van der Waals surface area contributed by atoms with E-state index in [4.69, 9.17) is 19.4 Å². The number of carboxylic acid groups (broad SMARTS) is 1. The number of anilines is 1. The van der Waals surface area contributed by atoms with E-state index in [1.165, 1.54) is 4.52 Å². The summed E-state index contributed by atoms with van der Waals surface area (Å²) >= 11 is 0. The molecule has 16 heteroatoms. The maximum absolute atomic E-state index is 13.8. The van der Waals surface area contributed by atoms with Crippen molar-refractivity contribution in [2.24, 2.45) is 17.3 Å². The minimum Gasteiger partial charge on any atom is -0.480 e. The molecule has 13 nitrogen and oxygen atoms in total. The van der Waals surface area contributed by atoms with Gasteiger partial charge >= 0.3 is 18.2 Å². The molecule has 2 atom stereocenters. The number of rotatable bonds is 9. The molecule has 6 rings (SSSR count). The van der Waals surface area contributed by atoms with Crippen molar-refractivity contribution in [2.75, 3.05) is 37.7 Å². The van der Waals surface area contributed by atoms with Crippen molar-refractivity contribution in [1.29, 1.82) is 0 Å². The number of hydrogen-bond acceptors (Lipinski definition) is 9. The molecule has 0 spiro atoms. The highest BCUT2D eigenvalue weighted by atomic mass is 19.4. The number of aliphatic carboxylic acids is 1. The lowest BCUT2D eigenvalue weighted by Gasteiger charge is -2.39. The maximum Gasteiger partial charge on any atom is 0.407 e. The monoisotopic (exact) mass is 687 g/mol. The number of hydrogen-bond donors (Lipinski definition) is 3. The Morgan fingerprint density at radius 2 is 1.84 bits per heavy atom. The Hall–Kier alpha value is -4.47. The van der Waals surface area contributed by atoms with E-state index in [9.17, 15) is 32.7 Å². The maximum atomic E-state index is 13.8. The number of piperidine rings is 1. The number of aromatic nitrogens is 4. The predicted octanol–water partition coefficient (Wildman–Crippen LogP) is 3.69. The first-order valence-corrected chi connectivity index (χ1v) is 16.5. The molecule has 1 aliphatic carbocycles. The Morgan fingerprint density at radius 3 is 2.51 bits per heavy atom. The molecule has 2 aromatic heterocycles. The molecule has 3 fully saturated rings. The quantitative estimate of drug-likeness (QED) is 0.283. The minimum atomic E-state index is -4.70. The number of alkyl carbamates (subject to hydrolysis) is 1. The summed E-state index contributed by atoms with van der Waals surface area (Å²) in [6, 6.07) is 9.36. The third-order valence-electron chi connectivity index (χ3n) is 9.93. The first kappa shape index (κ1) is 34.4. The normalized spacial score (nSPS) is 26.3. The van der Waals surface area contributed by atoms with E-state index in [1.807, 2.05) is 35.2 Å². The molecule has 0 unspecified atom stereocenters. The third kappa shape index (κ3) is 7.58. The van der Waals surface area contributed by atoms with Gasteiger partial charge in [-0.15, -0.1) is 0 Å². The lowest BCUT2D eigenvalue weighted by atomic mass is 9.72. The van der Waals surface area contributed by atoms with Gasteiger partial charge < -0.3 is 30.1 Å². The largest absolute Gasteiger partial charge is 0.480 e. The number of nitrogens with zero attached hydrogens (tertiary/aromatic N) is 5. The van der Waals surface area contributed by atoms with Crippen molar-refractivity contribution in [3.8, 4) is 0 Å². The van der Waals surface area contributed by atoms with Crippen LogP contribution in [0.3, 0.4) is 0 Å². The van der Waals surface area contributed by atoms with Gasteiger partial charge in [-0.1, -0.05) is 37.3 Å². The van der Waals surface area contributed by atoms with Gasteiger partial charge in [-0.25, -0.2) is 14.3 Å². The minimum absolute atomic E-state index is 0.0579. The molecule has 1 aromatic carbocycles. The average molecular weight is 688 g/mol. The van der Waals surface area contributed by atoms with Crippen LogP contribution in [0, 0.1) is 17.3 Å². The molecule has 0 radical (unpaired) electrons. The van der Waals surface area contributed by atoms with Crippen molar-refractivity contribution in [2.45, 2.75) is 70.2 Å². The summed E-state index contributed by atoms with van der Waals surface area (Å²) in [5.74, 6) is -3.80. The van der Waals surface area contributed by atoms with Crippen molar-refractivity contribution in [3.05, 3.63) is 53.5 Å². The summed E-state index contributed by atoms with van der Waals surface area (Å²) < 4.78 is 53.8. The molecule has 0 bridgehead atoms. The van der Waals surface area contributed by atoms with Crippen molar-refractivity contribution < 1.29 is 42.1 Å². The number of ether oxygens (including phenoxy) is 2. The molecule has 3 N–H and O–H groups in total. The number of benzene rings is 1. The van der Waals surface area contributed by atoms with Crippen LogP contribution in [-0.4, -0.2) is 87.2 Å². The zero-order valence-electron chi connectivity index (χ0n) is 27.2. The number of nitrogens with one attached hydrogen (secondary N) is 2. The zero-order valence-corrected chi connectivity index (χ0v) is 27.2. The van der Waals surface area contributed by atoms with Crippen LogP contribution in [0.5, 0.6) is 0 Å². The molecular weight excluding hydrogens is 647 g/mol. The van der Waals surface area contributed by atoms with Gasteiger partial charge in [0.2, 0.25) is 5.91 Å². The molecule has 2 amide bonds. The number of amides is 2. The summed E-state index contributed by atoms with van der Waals surface area (Å²) in [5.41, 5.74) is -1.60. The fraction of sp³-hybridized carbons (Fsp3) is 0.576. The number of morpholine rings is 1. The summed E-state index contributed by atoms with van der Waals surface area (Å²) in [7, 11) is 0. The lowest BCUT2D eigenvalue weighted by molar-refractivity contribution is -0.194. The molecular formula is C33H40F3N7O6. The number of alkyl halides is 3. The van der Waals surface area contributed by atoms with Crippen LogP contribution in [0.1, 0.15) is 56.0 Å². The molecule has 264 valence electrons. The highest BCUT2D eigenvalue weighted by molar-refractivity contribution is 6.02. The Labute approximate surface area is 280 Å². The highest BCUT2D eigenvalue weighted by Gasteiger charge is 2.57. The molecule has 3 aliphatic rings. The Morgan fingerprint density at radius 1 is 1.12 bits per heavy atom. The van der Waals surface area contributed by atoms with Crippen molar-refractivity contribution in [1.82, 2.24) is 30.2 Å². The number of imidazole rings is 1. The van der Waals surface area contributed by atoms with Gasteiger partial charge in [0.1, 0.15) is 12.3 Å². The second-order valence-corrected chi connectivity index (χ2v) is 13.5. The van der Waals surface area contributed by atoms with Gasteiger partial charge in [-0.05, 0) is 43.6 Å². The van der Waals surface area contributed by atoms with Crippen LogP contribution in [-0.2, 0) is 38.5 Å². The van der Waals surface area contributed by atoms with E-state index < -0.39 is 60.4 Å². The van der Waals surface area contributed by atoms with Gasteiger partial charge in [0.05, 0.1) is 31.0 Å². The number of halogens is 3. The summed E-state index contributed by atoms with van der Waals surface area (Å²) in [6.07, 6.45) is -1.70. The molecule has 1 saturated carbocycles. The van der Waals surface area contributed by atoms with Gasteiger partial charge in [0, 0.05) is 38.0 Å². The van der Waals surface area contributed by atoms with Gasteiger partial charge in [0.15, 0.2) is 11.2 Å². The van der Waals surface area contributed by atoms with Crippen LogP contribution in [0.4, 0.5) is 23.8 Å². The standard InChI is InChI=1S/C33H40F3N7O6/c1-21-7-9-31(10-8-21,40-30(47)49-20-22-5-3-2-4-6-22)16-24-19-43-29(38-24)39-26(42-11-13-48-14-12-42)25(41-43)17-32(28(45)46)15-23(33(34,35)36)18-37-27(32)44/h2-6,19,21,23H,7-18,20H2,1H3,(H,37,44)(H,40,47)(H,45,46)/t21?,23-,31?,32-/m1/s1.